The molecule has 0 bridgehead atoms. The van der Waals surface area contributed by atoms with E-state index in [0.29, 0.717) is 12.3 Å². The van der Waals surface area contributed by atoms with Crippen molar-refractivity contribution in [2.24, 2.45) is 5.92 Å². The van der Waals surface area contributed by atoms with E-state index in [1.165, 1.54) is 12.8 Å². The first-order valence-corrected chi connectivity index (χ1v) is 6.17. The summed E-state index contributed by atoms with van der Waals surface area (Å²) in [6.07, 6.45) is 5.84. The van der Waals surface area contributed by atoms with Gasteiger partial charge in [-0.05, 0) is 44.6 Å². The molecular weight excluding hydrogens is 206 g/mol. The van der Waals surface area contributed by atoms with Gasteiger partial charge in [-0.25, -0.2) is 0 Å². The first-order chi connectivity index (χ1) is 7.66. The number of carboxylic acids is 1. The van der Waals surface area contributed by atoms with Crippen LogP contribution in [0.25, 0.3) is 0 Å². The van der Waals surface area contributed by atoms with Crippen molar-refractivity contribution in [3.8, 4) is 0 Å². The fourth-order valence-electron chi connectivity index (χ4n) is 2.52. The molecule has 2 saturated carbocycles. The lowest BCUT2D eigenvalue weighted by molar-refractivity contribution is -0.148. The molecule has 0 heterocycles. The number of rotatable bonds is 5. The minimum Gasteiger partial charge on any atom is -0.480 e. The molecule has 4 heteroatoms. The number of nitrogens with one attached hydrogen (secondary N) is 1. The lowest BCUT2D eigenvalue weighted by Gasteiger charge is -2.37. The summed E-state index contributed by atoms with van der Waals surface area (Å²) in [4.78, 5) is 11.5. The maximum absolute atomic E-state index is 11.5. The third-order valence-electron chi connectivity index (χ3n) is 3.87. The molecule has 0 aromatic rings. The predicted octanol–water partition coefficient (Wildman–Crippen LogP) is 1.40. The fraction of sp³-hybridized carbons (Fsp3) is 0.917. The Labute approximate surface area is 96.4 Å². The van der Waals surface area contributed by atoms with E-state index in [0.717, 1.165) is 25.8 Å². The fourth-order valence-corrected chi connectivity index (χ4v) is 2.52. The van der Waals surface area contributed by atoms with Crippen molar-refractivity contribution < 1.29 is 14.6 Å². The van der Waals surface area contributed by atoms with E-state index in [9.17, 15) is 9.90 Å². The number of hydrogen-bond donors (Lipinski definition) is 2. The summed E-state index contributed by atoms with van der Waals surface area (Å²) in [5, 5.41) is 12.7. The Bertz CT molecular complexity index is 265. The Kier molecular flexibility index (Phi) is 3.50. The SMILES string of the molecule is COC1CCCC(NCC2CC2)(C(=O)O)C1. The molecule has 2 rings (SSSR count). The van der Waals surface area contributed by atoms with Crippen LogP contribution in [0.2, 0.25) is 0 Å². The third-order valence-corrected chi connectivity index (χ3v) is 3.87. The molecule has 0 radical (unpaired) electrons. The summed E-state index contributed by atoms with van der Waals surface area (Å²) >= 11 is 0. The first kappa shape index (κ1) is 11.9. The van der Waals surface area contributed by atoms with Crippen LogP contribution in [0, 0.1) is 5.92 Å². The van der Waals surface area contributed by atoms with Crippen LogP contribution in [0.15, 0.2) is 0 Å². The second-order valence-electron chi connectivity index (χ2n) is 5.17. The monoisotopic (exact) mass is 227 g/mol. The van der Waals surface area contributed by atoms with Gasteiger partial charge in [-0.1, -0.05) is 0 Å². The van der Waals surface area contributed by atoms with Crippen molar-refractivity contribution in [2.75, 3.05) is 13.7 Å². The molecule has 0 amide bonds. The van der Waals surface area contributed by atoms with Gasteiger partial charge in [-0.15, -0.1) is 0 Å². The van der Waals surface area contributed by atoms with Gasteiger partial charge < -0.3 is 15.2 Å². The maximum atomic E-state index is 11.5. The van der Waals surface area contributed by atoms with Crippen LogP contribution in [0.4, 0.5) is 0 Å². The van der Waals surface area contributed by atoms with Gasteiger partial charge >= 0.3 is 5.97 Å². The predicted molar refractivity (Wildman–Crippen MR) is 60.4 cm³/mol. The Morgan fingerprint density at radius 1 is 1.50 bits per heavy atom. The minimum atomic E-state index is -0.735. The molecule has 2 aliphatic carbocycles. The number of hydrogen-bond acceptors (Lipinski definition) is 3. The van der Waals surface area contributed by atoms with Gasteiger partial charge in [0.25, 0.3) is 0 Å². The molecule has 0 aromatic carbocycles. The van der Waals surface area contributed by atoms with Crippen molar-refractivity contribution in [3.63, 3.8) is 0 Å². The highest BCUT2D eigenvalue weighted by atomic mass is 16.5. The zero-order chi connectivity index (χ0) is 11.6. The highest BCUT2D eigenvalue weighted by Gasteiger charge is 2.43. The molecule has 4 nitrogen and oxygen atoms in total. The molecule has 2 N–H and O–H groups in total. The number of methoxy groups -OCH3 is 1. The molecule has 16 heavy (non-hydrogen) atoms. The summed E-state index contributed by atoms with van der Waals surface area (Å²) in [6, 6.07) is 0. The minimum absolute atomic E-state index is 0.0940. The Balaban J connectivity index is 1.97. The van der Waals surface area contributed by atoms with E-state index in [1.54, 1.807) is 7.11 Å². The summed E-state index contributed by atoms with van der Waals surface area (Å²) < 4.78 is 5.32. The molecule has 2 unspecified atom stereocenters. The van der Waals surface area contributed by atoms with E-state index in [4.69, 9.17) is 4.74 Å². The van der Waals surface area contributed by atoms with E-state index in [2.05, 4.69) is 5.32 Å². The topological polar surface area (TPSA) is 58.6 Å². The van der Waals surface area contributed by atoms with Gasteiger partial charge in [0.15, 0.2) is 0 Å². The van der Waals surface area contributed by atoms with Crippen LogP contribution < -0.4 is 5.32 Å². The van der Waals surface area contributed by atoms with E-state index in [1.807, 2.05) is 0 Å². The van der Waals surface area contributed by atoms with E-state index in [-0.39, 0.29) is 6.10 Å². The highest BCUT2D eigenvalue weighted by Crippen LogP contribution is 2.33. The van der Waals surface area contributed by atoms with Gasteiger partial charge in [0, 0.05) is 13.5 Å². The molecule has 2 fully saturated rings. The summed E-state index contributed by atoms with van der Waals surface area (Å²) in [6.45, 7) is 0.850. The number of ether oxygens (including phenoxy) is 1. The van der Waals surface area contributed by atoms with E-state index >= 15 is 0 Å². The zero-order valence-electron chi connectivity index (χ0n) is 9.87. The van der Waals surface area contributed by atoms with Crippen molar-refractivity contribution in [1.29, 1.82) is 0 Å². The van der Waals surface area contributed by atoms with Gasteiger partial charge in [-0.3, -0.25) is 4.79 Å². The Morgan fingerprint density at radius 3 is 2.81 bits per heavy atom. The molecule has 92 valence electrons. The van der Waals surface area contributed by atoms with Crippen LogP contribution in [0.3, 0.4) is 0 Å². The van der Waals surface area contributed by atoms with Crippen LogP contribution in [-0.4, -0.2) is 36.4 Å². The molecule has 0 saturated heterocycles. The van der Waals surface area contributed by atoms with E-state index < -0.39 is 11.5 Å². The quantitative estimate of drug-likeness (QED) is 0.745. The standard InChI is InChI=1S/C12H21NO3/c1-16-10-3-2-6-12(7-10,11(14)15)13-8-9-4-5-9/h9-10,13H,2-8H2,1H3,(H,14,15). The molecule has 0 aliphatic heterocycles. The van der Waals surface area contributed by atoms with Crippen molar-refractivity contribution in [2.45, 2.75) is 50.2 Å². The van der Waals surface area contributed by atoms with Crippen LogP contribution >= 0.6 is 0 Å². The molecule has 0 aromatic heterocycles. The van der Waals surface area contributed by atoms with Gasteiger partial charge in [0.1, 0.15) is 5.54 Å². The van der Waals surface area contributed by atoms with Gasteiger partial charge in [-0.2, -0.15) is 0 Å². The Morgan fingerprint density at radius 2 is 2.25 bits per heavy atom. The normalized spacial score (nSPS) is 34.9. The summed E-state index contributed by atoms with van der Waals surface area (Å²) in [5.41, 5.74) is -0.735. The van der Waals surface area contributed by atoms with Crippen molar-refractivity contribution >= 4 is 5.97 Å². The summed E-state index contributed by atoms with van der Waals surface area (Å²) in [5.74, 6) is -0.00551. The second kappa shape index (κ2) is 4.72. The first-order valence-electron chi connectivity index (χ1n) is 6.17. The molecule has 2 atom stereocenters. The van der Waals surface area contributed by atoms with Gasteiger partial charge in [0.05, 0.1) is 6.10 Å². The molecule has 2 aliphatic rings. The highest BCUT2D eigenvalue weighted by molar-refractivity contribution is 5.79. The second-order valence-corrected chi connectivity index (χ2v) is 5.17. The molecular formula is C12H21NO3. The Hall–Kier alpha value is -0.610. The largest absolute Gasteiger partial charge is 0.480 e. The number of carboxylic acid groups (broad SMARTS) is 1. The smallest absolute Gasteiger partial charge is 0.323 e. The number of carbonyl (C=O) groups is 1. The average molecular weight is 227 g/mol. The van der Waals surface area contributed by atoms with Crippen LogP contribution in [-0.2, 0) is 9.53 Å². The molecule has 0 spiro atoms. The lowest BCUT2D eigenvalue weighted by Crippen LogP contribution is -2.56. The van der Waals surface area contributed by atoms with Crippen LogP contribution in [0.1, 0.15) is 38.5 Å². The summed E-state index contributed by atoms with van der Waals surface area (Å²) in [7, 11) is 1.67. The third kappa shape index (κ3) is 2.55. The maximum Gasteiger partial charge on any atom is 0.323 e. The average Bonchev–Trinajstić information content (AvgIpc) is 3.10. The van der Waals surface area contributed by atoms with Crippen molar-refractivity contribution in [3.05, 3.63) is 0 Å². The lowest BCUT2D eigenvalue weighted by atomic mass is 9.80. The van der Waals surface area contributed by atoms with Gasteiger partial charge in [0.2, 0.25) is 0 Å². The number of aliphatic carboxylic acids is 1. The van der Waals surface area contributed by atoms with Crippen LogP contribution in [0.5, 0.6) is 0 Å². The van der Waals surface area contributed by atoms with Crippen molar-refractivity contribution in [1.82, 2.24) is 5.32 Å². The zero-order valence-corrected chi connectivity index (χ0v) is 9.87.